The first-order valence-electron chi connectivity index (χ1n) is 9.09. The Morgan fingerprint density at radius 3 is 2.61 bits per heavy atom. The maximum absolute atomic E-state index is 12.7. The van der Waals surface area contributed by atoms with Crippen LogP contribution in [0.4, 0.5) is 0 Å². The van der Waals surface area contributed by atoms with Gasteiger partial charge >= 0.3 is 0 Å². The predicted octanol–water partition coefficient (Wildman–Crippen LogP) is 4.46. The Balaban J connectivity index is 1.76. The van der Waals surface area contributed by atoms with Gasteiger partial charge in [0, 0.05) is 17.7 Å². The molecule has 3 aromatic rings. The molecule has 0 radical (unpaired) electrons. The molecule has 3 rings (SSSR count). The van der Waals surface area contributed by atoms with E-state index >= 15 is 0 Å². The quantitative estimate of drug-likeness (QED) is 0.586. The number of carbonyl (C=O) groups excluding carboxylic acids is 1. The summed E-state index contributed by atoms with van der Waals surface area (Å²) in [4.78, 5) is 12.7. The minimum absolute atomic E-state index is 0.236. The lowest BCUT2D eigenvalue weighted by molar-refractivity contribution is 0.0951. The van der Waals surface area contributed by atoms with Gasteiger partial charge in [0.2, 0.25) is 0 Å². The average molecular weight is 400 g/mol. The van der Waals surface area contributed by atoms with E-state index in [1.54, 1.807) is 12.1 Å². The number of H-pyrrole nitrogens is 1. The van der Waals surface area contributed by atoms with Gasteiger partial charge in [-0.25, -0.2) is 0 Å². The molecule has 28 heavy (non-hydrogen) atoms. The van der Waals surface area contributed by atoms with Crippen molar-refractivity contribution in [1.29, 1.82) is 0 Å². The van der Waals surface area contributed by atoms with Crippen molar-refractivity contribution in [3.8, 4) is 22.8 Å². The zero-order valence-corrected chi connectivity index (χ0v) is 16.5. The van der Waals surface area contributed by atoms with Gasteiger partial charge in [0.15, 0.2) is 0 Å². The Kier molecular flexibility index (Phi) is 6.55. The van der Waals surface area contributed by atoms with E-state index in [1.807, 2.05) is 44.2 Å². The normalized spacial score (nSPS) is 10.5. The second kappa shape index (κ2) is 9.28. The van der Waals surface area contributed by atoms with E-state index in [1.165, 1.54) is 6.20 Å². The first-order chi connectivity index (χ1) is 13.6. The number of benzene rings is 2. The molecule has 1 heterocycles. The SMILES string of the molecule is CCOc1ccc(-c2[nH]ncc2C(=O)NCc2ccccc2OCC)cc1Cl. The smallest absolute Gasteiger partial charge is 0.255 e. The van der Waals surface area contributed by atoms with Crippen LogP contribution in [0.5, 0.6) is 11.5 Å². The molecule has 7 heteroatoms. The van der Waals surface area contributed by atoms with E-state index in [4.69, 9.17) is 21.1 Å². The van der Waals surface area contributed by atoms with E-state index in [0.717, 1.165) is 16.9 Å². The Bertz CT molecular complexity index is 956. The summed E-state index contributed by atoms with van der Waals surface area (Å²) in [5.41, 5.74) is 2.70. The van der Waals surface area contributed by atoms with Gasteiger partial charge in [-0.2, -0.15) is 5.10 Å². The van der Waals surface area contributed by atoms with E-state index in [-0.39, 0.29) is 5.91 Å². The van der Waals surface area contributed by atoms with Gasteiger partial charge in [-0.05, 0) is 38.1 Å². The lowest BCUT2D eigenvalue weighted by Gasteiger charge is -2.11. The van der Waals surface area contributed by atoms with Crippen molar-refractivity contribution < 1.29 is 14.3 Å². The zero-order valence-electron chi connectivity index (χ0n) is 15.8. The largest absolute Gasteiger partial charge is 0.494 e. The number of ether oxygens (including phenoxy) is 2. The van der Waals surface area contributed by atoms with Crippen molar-refractivity contribution in [2.75, 3.05) is 13.2 Å². The molecule has 0 atom stereocenters. The highest BCUT2D eigenvalue weighted by molar-refractivity contribution is 6.32. The highest BCUT2D eigenvalue weighted by Gasteiger charge is 2.17. The molecule has 0 bridgehead atoms. The van der Waals surface area contributed by atoms with E-state index < -0.39 is 0 Å². The highest BCUT2D eigenvalue weighted by atomic mass is 35.5. The third-order valence-electron chi connectivity index (χ3n) is 4.12. The molecular weight excluding hydrogens is 378 g/mol. The van der Waals surface area contributed by atoms with Crippen molar-refractivity contribution in [3.63, 3.8) is 0 Å². The first kappa shape index (κ1) is 19.8. The second-order valence-corrected chi connectivity index (χ2v) is 6.37. The summed E-state index contributed by atoms with van der Waals surface area (Å²) in [5.74, 6) is 1.13. The van der Waals surface area contributed by atoms with Crippen molar-refractivity contribution in [3.05, 3.63) is 64.8 Å². The van der Waals surface area contributed by atoms with Crippen LogP contribution >= 0.6 is 11.6 Å². The minimum Gasteiger partial charge on any atom is -0.494 e. The molecule has 0 aliphatic carbocycles. The fourth-order valence-corrected chi connectivity index (χ4v) is 3.06. The molecular formula is C21H22ClN3O3. The number of hydrogen-bond donors (Lipinski definition) is 2. The van der Waals surface area contributed by atoms with E-state index in [2.05, 4.69) is 15.5 Å². The minimum atomic E-state index is -0.236. The molecule has 1 aromatic heterocycles. The Morgan fingerprint density at radius 2 is 1.86 bits per heavy atom. The van der Waals surface area contributed by atoms with Gasteiger partial charge in [0.05, 0.1) is 35.7 Å². The van der Waals surface area contributed by atoms with Crippen molar-refractivity contribution in [2.24, 2.45) is 0 Å². The summed E-state index contributed by atoms with van der Waals surface area (Å²) in [6.45, 7) is 5.26. The maximum Gasteiger partial charge on any atom is 0.255 e. The number of rotatable bonds is 8. The molecule has 146 valence electrons. The zero-order chi connectivity index (χ0) is 19.9. The van der Waals surface area contributed by atoms with Crippen LogP contribution < -0.4 is 14.8 Å². The lowest BCUT2D eigenvalue weighted by atomic mass is 10.1. The summed E-state index contributed by atoms with van der Waals surface area (Å²) in [7, 11) is 0. The highest BCUT2D eigenvalue weighted by Crippen LogP contribution is 2.31. The maximum atomic E-state index is 12.7. The molecule has 1 amide bonds. The molecule has 6 nitrogen and oxygen atoms in total. The van der Waals surface area contributed by atoms with Crippen LogP contribution in [0.15, 0.2) is 48.7 Å². The number of nitrogens with one attached hydrogen (secondary N) is 2. The number of para-hydroxylation sites is 1. The van der Waals surface area contributed by atoms with Gasteiger partial charge in [-0.1, -0.05) is 29.8 Å². The molecule has 0 aliphatic heterocycles. The van der Waals surface area contributed by atoms with Crippen LogP contribution in [0.1, 0.15) is 29.8 Å². The number of hydrogen-bond acceptors (Lipinski definition) is 4. The van der Waals surface area contributed by atoms with Crippen LogP contribution in [-0.4, -0.2) is 29.3 Å². The van der Waals surface area contributed by atoms with Gasteiger partial charge in [-0.3, -0.25) is 9.89 Å². The number of aromatic nitrogens is 2. The number of carbonyl (C=O) groups is 1. The molecule has 0 saturated carbocycles. The standard InChI is InChI=1S/C21H22ClN3O3/c1-3-27-18-8-6-5-7-15(18)12-23-21(26)16-13-24-25-20(16)14-9-10-19(28-4-2)17(22)11-14/h5-11,13H,3-4,12H2,1-2H3,(H,23,26)(H,24,25). The van der Waals surface area contributed by atoms with Crippen LogP contribution in [0.2, 0.25) is 5.02 Å². The monoisotopic (exact) mass is 399 g/mol. The molecule has 0 unspecified atom stereocenters. The van der Waals surface area contributed by atoms with Crippen molar-refractivity contribution in [2.45, 2.75) is 20.4 Å². The molecule has 2 N–H and O–H groups in total. The van der Waals surface area contributed by atoms with Crippen LogP contribution in [-0.2, 0) is 6.54 Å². The van der Waals surface area contributed by atoms with Crippen LogP contribution in [0.25, 0.3) is 11.3 Å². The number of aromatic amines is 1. The second-order valence-electron chi connectivity index (χ2n) is 5.96. The van der Waals surface area contributed by atoms with Gasteiger partial charge in [0.25, 0.3) is 5.91 Å². The number of halogens is 1. The summed E-state index contributed by atoms with van der Waals surface area (Å²) in [6, 6.07) is 13.0. The van der Waals surface area contributed by atoms with Crippen molar-refractivity contribution >= 4 is 17.5 Å². The third-order valence-corrected chi connectivity index (χ3v) is 4.41. The summed E-state index contributed by atoms with van der Waals surface area (Å²) < 4.78 is 11.1. The summed E-state index contributed by atoms with van der Waals surface area (Å²) in [6.07, 6.45) is 1.50. The molecule has 0 fully saturated rings. The topological polar surface area (TPSA) is 76.2 Å². The number of nitrogens with zero attached hydrogens (tertiary/aromatic N) is 1. The Morgan fingerprint density at radius 1 is 1.11 bits per heavy atom. The molecule has 2 aromatic carbocycles. The average Bonchev–Trinajstić information content (AvgIpc) is 3.19. The molecule has 0 saturated heterocycles. The van der Waals surface area contributed by atoms with E-state index in [9.17, 15) is 4.79 Å². The fraction of sp³-hybridized carbons (Fsp3) is 0.238. The predicted molar refractivity (Wildman–Crippen MR) is 109 cm³/mol. The van der Waals surface area contributed by atoms with Crippen molar-refractivity contribution in [1.82, 2.24) is 15.5 Å². The number of amides is 1. The summed E-state index contributed by atoms with van der Waals surface area (Å²) in [5, 5.41) is 10.3. The van der Waals surface area contributed by atoms with Gasteiger partial charge in [-0.15, -0.1) is 0 Å². The molecule has 0 aliphatic rings. The van der Waals surface area contributed by atoms with E-state index in [0.29, 0.717) is 41.8 Å². The fourth-order valence-electron chi connectivity index (χ4n) is 2.82. The van der Waals surface area contributed by atoms with Crippen LogP contribution in [0.3, 0.4) is 0 Å². The molecule has 0 spiro atoms. The summed E-state index contributed by atoms with van der Waals surface area (Å²) >= 11 is 6.27. The van der Waals surface area contributed by atoms with Gasteiger partial charge in [0.1, 0.15) is 11.5 Å². The van der Waals surface area contributed by atoms with Gasteiger partial charge < -0.3 is 14.8 Å². The Hall–Kier alpha value is -2.99. The third kappa shape index (κ3) is 4.46. The Labute approximate surface area is 168 Å². The first-order valence-corrected chi connectivity index (χ1v) is 9.46. The lowest BCUT2D eigenvalue weighted by Crippen LogP contribution is -2.23. The van der Waals surface area contributed by atoms with Crippen LogP contribution in [0, 0.1) is 0 Å².